The summed E-state index contributed by atoms with van der Waals surface area (Å²) in [4.78, 5) is 6.67. The van der Waals surface area contributed by atoms with E-state index >= 15 is 0 Å². The van der Waals surface area contributed by atoms with Crippen LogP contribution >= 0.6 is 0 Å². The van der Waals surface area contributed by atoms with E-state index in [0.29, 0.717) is 6.54 Å². The zero-order valence-electron chi connectivity index (χ0n) is 14.7. The average Bonchev–Trinajstić information content (AvgIpc) is 2.57. The third-order valence-corrected chi connectivity index (χ3v) is 4.12. The van der Waals surface area contributed by atoms with Crippen LogP contribution in [0.5, 0.6) is 0 Å². The molecule has 1 aromatic carbocycles. The fourth-order valence-corrected chi connectivity index (χ4v) is 2.67. The van der Waals surface area contributed by atoms with Gasteiger partial charge in [0.2, 0.25) is 0 Å². The predicted octanol–water partition coefficient (Wildman–Crippen LogP) is 2.18. The zero-order chi connectivity index (χ0) is 17.7. The second-order valence-electron chi connectivity index (χ2n) is 6.54. The van der Waals surface area contributed by atoms with Gasteiger partial charge in [-0.05, 0) is 31.6 Å². The number of benzene rings is 1. The normalized spacial score (nSPS) is 13.9. The van der Waals surface area contributed by atoms with Crippen molar-refractivity contribution >= 4 is 7.48 Å². The Kier molecular flexibility index (Phi) is 10.9. The molecule has 1 rings (SSSR count). The molecule has 0 saturated heterocycles. The highest BCUT2D eigenvalue weighted by molar-refractivity contribution is 6.26. The average molecular weight is 336 g/mol. The maximum Gasteiger partial charge on any atom is 0.348 e. The first-order chi connectivity index (χ1) is 11.6. The Hall–Kier alpha value is -0.955. The van der Waals surface area contributed by atoms with Gasteiger partial charge in [-0.2, -0.15) is 0 Å². The van der Waals surface area contributed by atoms with Gasteiger partial charge in [-0.15, -0.1) is 0 Å². The Morgan fingerprint density at radius 2 is 1.92 bits per heavy atom. The highest BCUT2D eigenvalue weighted by atomic mass is 17.5. The Bertz CT molecular complexity index is 421. The number of hydrogen-bond acceptors (Lipinski definition) is 6. The van der Waals surface area contributed by atoms with Gasteiger partial charge in [-0.25, -0.2) is 5.26 Å². The molecule has 5 N–H and O–H groups in total. The van der Waals surface area contributed by atoms with Gasteiger partial charge >= 0.3 is 7.48 Å². The van der Waals surface area contributed by atoms with E-state index in [2.05, 4.69) is 45.9 Å². The molecule has 0 heterocycles. The highest BCUT2D eigenvalue weighted by Gasteiger charge is 2.19. The largest absolute Gasteiger partial charge is 0.348 e. The van der Waals surface area contributed by atoms with Crippen LogP contribution < -0.4 is 11.5 Å². The molecule has 24 heavy (non-hydrogen) atoms. The lowest BCUT2D eigenvalue weighted by Crippen LogP contribution is -2.41. The lowest BCUT2D eigenvalue weighted by molar-refractivity contribution is -0.442. The molecule has 0 saturated carbocycles. The van der Waals surface area contributed by atoms with Crippen LogP contribution in [0, 0.1) is 0 Å². The van der Waals surface area contributed by atoms with Crippen LogP contribution in [0.15, 0.2) is 30.3 Å². The first-order valence-electron chi connectivity index (χ1n) is 8.61. The lowest BCUT2D eigenvalue weighted by Gasteiger charge is -2.29. The summed E-state index contributed by atoms with van der Waals surface area (Å²) in [6.07, 6.45) is 4.56. The lowest BCUT2D eigenvalue weighted by atomic mass is 9.87. The molecule has 0 fully saturated rings. The Morgan fingerprint density at radius 3 is 2.58 bits per heavy atom. The Balaban J connectivity index is 2.30. The molecule has 1 radical (unpaired) electrons. The first-order valence-corrected chi connectivity index (χ1v) is 8.61. The number of unbranched alkanes of at least 4 members (excludes halogenated alkanes) is 1. The minimum atomic E-state index is -0.197. The molecule has 0 spiro atoms. The quantitative estimate of drug-likeness (QED) is 0.209. The molecule has 6 nitrogen and oxygen atoms in total. The fraction of sp³-hybridized carbons (Fsp3) is 0.647. The van der Waals surface area contributed by atoms with Gasteiger partial charge in [0.05, 0.1) is 0 Å². The summed E-state index contributed by atoms with van der Waals surface area (Å²) in [7, 11) is 1.44. The van der Waals surface area contributed by atoms with Crippen molar-refractivity contribution in [3.63, 3.8) is 0 Å². The monoisotopic (exact) mass is 336 g/mol. The van der Waals surface area contributed by atoms with Crippen molar-refractivity contribution in [2.75, 3.05) is 19.6 Å². The molecule has 0 aliphatic carbocycles. The van der Waals surface area contributed by atoms with Gasteiger partial charge in [0.15, 0.2) is 0 Å². The standard InChI is InChI=1S/C17H31BN3O3/c1-17(20,9-5-6-11-18-23-24-22)10-13-21(14-12-19)15-16-7-3-2-4-8-16/h2-4,7-8,22H,5-6,9-15,19-20H2,1H3. The summed E-state index contributed by atoms with van der Waals surface area (Å²) in [6.45, 7) is 5.47. The number of hydrogen-bond donors (Lipinski definition) is 3. The van der Waals surface area contributed by atoms with Crippen molar-refractivity contribution in [1.29, 1.82) is 0 Å². The summed E-state index contributed by atoms with van der Waals surface area (Å²) >= 11 is 0. The van der Waals surface area contributed by atoms with Crippen LogP contribution in [0.2, 0.25) is 6.32 Å². The smallest absolute Gasteiger partial charge is 0.329 e. The van der Waals surface area contributed by atoms with Crippen molar-refractivity contribution in [3.05, 3.63) is 35.9 Å². The molecule has 0 aromatic heterocycles. The third-order valence-electron chi connectivity index (χ3n) is 4.12. The molecule has 0 aliphatic heterocycles. The van der Waals surface area contributed by atoms with Crippen molar-refractivity contribution in [2.24, 2.45) is 11.5 Å². The predicted molar refractivity (Wildman–Crippen MR) is 97.2 cm³/mol. The minimum absolute atomic E-state index is 0.197. The number of rotatable bonds is 14. The zero-order valence-corrected chi connectivity index (χ0v) is 14.7. The van der Waals surface area contributed by atoms with Crippen LogP contribution in [0.25, 0.3) is 0 Å². The summed E-state index contributed by atoms with van der Waals surface area (Å²) in [5, 5.41) is 11.6. The van der Waals surface area contributed by atoms with Gasteiger partial charge in [-0.1, -0.05) is 48.2 Å². The van der Waals surface area contributed by atoms with E-state index < -0.39 is 0 Å². The summed E-state index contributed by atoms with van der Waals surface area (Å²) < 4.78 is 0. The van der Waals surface area contributed by atoms with Crippen LogP contribution in [0.4, 0.5) is 0 Å². The highest BCUT2D eigenvalue weighted by Crippen LogP contribution is 2.17. The summed E-state index contributed by atoms with van der Waals surface area (Å²) in [5.41, 5.74) is 13.3. The minimum Gasteiger partial charge on any atom is -0.329 e. The van der Waals surface area contributed by atoms with E-state index in [9.17, 15) is 0 Å². The van der Waals surface area contributed by atoms with Crippen LogP contribution in [0.1, 0.15) is 38.2 Å². The van der Waals surface area contributed by atoms with E-state index in [1.807, 2.05) is 6.07 Å². The Labute approximate surface area is 146 Å². The molecule has 1 aromatic rings. The van der Waals surface area contributed by atoms with Crippen LogP contribution in [0.3, 0.4) is 0 Å². The van der Waals surface area contributed by atoms with E-state index in [1.54, 1.807) is 0 Å². The third kappa shape index (κ3) is 10.0. The van der Waals surface area contributed by atoms with Crippen molar-refractivity contribution in [1.82, 2.24) is 4.90 Å². The molecule has 1 unspecified atom stereocenters. The fourth-order valence-electron chi connectivity index (χ4n) is 2.67. The van der Waals surface area contributed by atoms with Gasteiger partial charge < -0.3 is 11.5 Å². The molecule has 0 aliphatic rings. The molecule has 7 heteroatoms. The molecular weight excluding hydrogens is 305 g/mol. The maximum absolute atomic E-state index is 8.04. The summed E-state index contributed by atoms with van der Waals surface area (Å²) in [6, 6.07) is 10.4. The van der Waals surface area contributed by atoms with Crippen LogP contribution in [-0.4, -0.2) is 42.8 Å². The summed E-state index contributed by atoms with van der Waals surface area (Å²) in [5.74, 6) is 0. The molecular formula is C17H31BN3O3. The van der Waals surface area contributed by atoms with Crippen molar-refractivity contribution < 1.29 is 15.1 Å². The van der Waals surface area contributed by atoms with Crippen molar-refractivity contribution in [2.45, 2.75) is 51.0 Å². The molecule has 0 bridgehead atoms. The molecule has 1 atom stereocenters. The molecule has 0 amide bonds. The molecule has 135 valence electrons. The number of nitrogens with zero attached hydrogens (tertiary/aromatic N) is 1. The van der Waals surface area contributed by atoms with Crippen molar-refractivity contribution in [3.8, 4) is 0 Å². The van der Waals surface area contributed by atoms with Gasteiger partial charge in [-0.3, -0.25) is 9.70 Å². The number of nitrogens with two attached hydrogens (primary N) is 2. The van der Waals surface area contributed by atoms with Gasteiger partial charge in [0.1, 0.15) is 0 Å². The SMILES string of the molecule is CC(N)(CCCC[B]OOO)CCN(CCN)Cc1ccccc1. The second-order valence-corrected chi connectivity index (χ2v) is 6.54. The van der Waals surface area contributed by atoms with E-state index in [1.165, 1.54) is 13.0 Å². The second kappa shape index (κ2) is 12.4. The Morgan fingerprint density at radius 1 is 1.17 bits per heavy atom. The van der Waals surface area contributed by atoms with Crippen LogP contribution in [-0.2, 0) is 16.4 Å². The first kappa shape index (κ1) is 21.1. The van der Waals surface area contributed by atoms with E-state index in [0.717, 1.165) is 51.6 Å². The van der Waals surface area contributed by atoms with E-state index in [4.69, 9.17) is 16.7 Å². The maximum atomic E-state index is 8.04. The van der Waals surface area contributed by atoms with Gasteiger partial charge in [0.25, 0.3) is 0 Å². The van der Waals surface area contributed by atoms with Gasteiger partial charge in [0, 0.05) is 31.7 Å². The van der Waals surface area contributed by atoms with E-state index in [-0.39, 0.29) is 5.54 Å². The topological polar surface area (TPSA) is 94.0 Å².